The van der Waals surface area contributed by atoms with Crippen LogP contribution in [0.15, 0.2) is 59.6 Å². The summed E-state index contributed by atoms with van der Waals surface area (Å²) in [6, 6.07) is 10.3. The summed E-state index contributed by atoms with van der Waals surface area (Å²) >= 11 is 5.75. The third-order valence-corrected chi connectivity index (χ3v) is 6.34. The van der Waals surface area contributed by atoms with Crippen LogP contribution in [0.3, 0.4) is 0 Å². The first-order valence-corrected chi connectivity index (χ1v) is 10.6. The largest absolute Gasteiger partial charge is 0.369 e. The first-order chi connectivity index (χ1) is 14.3. The maximum atomic E-state index is 15.1. The molecule has 1 aromatic heterocycles. The Kier molecular flexibility index (Phi) is 5.17. The number of aromatic nitrogens is 1. The van der Waals surface area contributed by atoms with E-state index >= 15 is 4.39 Å². The molecular weight excluding hydrogens is 436 g/mol. The molecule has 1 atom stereocenters. The summed E-state index contributed by atoms with van der Waals surface area (Å²) in [5, 5.41) is 3.25. The topological polar surface area (TPSA) is 88.2 Å². The molecule has 6 nitrogen and oxygen atoms in total. The highest BCUT2D eigenvalue weighted by molar-refractivity contribution is 7.92. The molecule has 2 aromatic carbocycles. The number of nitrogens with zero attached hydrogens (tertiary/aromatic N) is 1. The number of hydrogen-bond donors (Lipinski definition) is 2. The van der Waals surface area contributed by atoms with Crippen LogP contribution in [0, 0.1) is 11.6 Å². The molecule has 3 aromatic rings. The first kappa shape index (κ1) is 20.2. The second-order valence-corrected chi connectivity index (χ2v) is 8.70. The number of Topliss-reactive ketones (excluding diaryl/α,β-unsaturated/α-hetero) is 1. The Morgan fingerprint density at radius 2 is 1.87 bits per heavy atom. The average molecular weight is 450 g/mol. The van der Waals surface area contributed by atoms with Crippen LogP contribution in [0.4, 0.5) is 20.3 Å². The smallest absolute Gasteiger partial charge is 0.261 e. The van der Waals surface area contributed by atoms with Crippen molar-refractivity contribution in [3.63, 3.8) is 0 Å². The molecule has 1 aliphatic rings. The molecule has 0 spiro atoms. The van der Waals surface area contributed by atoms with Crippen LogP contribution >= 0.6 is 11.6 Å². The minimum atomic E-state index is -4.18. The number of sulfonamides is 1. The summed E-state index contributed by atoms with van der Waals surface area (Å²) < 4.78 is 56.6. The van der Waals surface area contributed by atoms with Gasteiger partial charge in [-0.25, -0.2) is 22.2 Å². The third kappa shape index (κ3) is 3.61. The Morgan fingerprint density at radius 3 is 2.60 bits per heavy atom. The van der Waals surface area contributed by atoms with Crippen molar-refractivity contribution in [2.45, 2.75) is 10.8 Å². The van der Waals surface area contributed by atoms with Crippen molar-refractivity contribution in [3.05, 3.63) is 82.5 Å². The third-order valence-electron chi connectivity index (χ3n) is 4.71. The van der Waals surface area contributed by atoms with Gasteiger partial charge in [-0.05, 0) is 42.5 Å². The summed E-state index contributed by atoms with van der Waals surface area (Å²) in [4.78, 5) is 16.9. The average Bonchev–Trinajstić information content (AvgIpc) is 3.14. The van der Waals surface area contributed by atoms with Crippen LogP contribution in [0.25, 0.3) is 0 Å². The van der Waals surface area contributed by atoms with Gasteiger partial charge in [0, 0.05) is 23.3 Å². The fraction of sp³-hybridized carbons (Fsp3) is 0.100. The fourth-order valence-corrected chi connectivity index (χ4v) is 4.42. The van der Waals surface area contributed by atoms with Crippen molar-refractivity contribution in [3.8, 4) is 0 Å². The first-order valence-electron chi connectivity index (χ1n) is 8.77. The van der Waals surface area contributed by atoms with Crippen molar-refractivity contribution >= 4 is 38.9 Å². The molecule has 0 fully saturated rings. The maximum Gasteiger partial charge on any atom is 0.261 e. The lowest BCUT2D eigenvalue weighted by molar-refractivity contribution is 0.0958. The van der Waals surface area contributed by atoms with Gasteiger partial charge in [0.15, 0.2) is 11.6 Å². The van der Waals surface area contributed by atoms with Crippen LogP contribution in [0.1, 0.15) is 21.8 Å². The fourth-order valence-electron chi connectivity index (χ4n) is 3.24. The second kappa shape index (κ2) is 7.66. The molecular formula is C20H14ClF2N3O3S. The zero-order chi connectivity index (χ0) is 21.5. The quantitative estimate of drug-likeness (QED) is 0.570. The maximum absolute atomic E-state index is 15.1. The molecule has 30 heavy (non-hydrogen) atoms. The number of hydrogen-bond acceptors (Lipinski definition) is 5. The standard InChI is InChI=1S/C20H14ClF2N3O3S/c21-11-3-5-12(6-4-11)30(28,29)26-16-8-7-15(22)17(18(16)23)19(27)14-10-25-20-13(14)2-1-9-24-20/h1-9,14,26H,10H2,(H,24,25). The normalized spacial score (nSPS) is 15.4. The zero-order valence-corrected chi connectivity index (χ0v) is 16.8. The van der Waals surface area contributed by atoms with E-state index in [9.17, 15) is 17.6 Å². The number of benzene rings is 2. The lowest BCUT2D eigenvalue weighted by Crippen LogP contribution is -2.20. The lowest BCUT2D eigenvalue weighted by atomic mass is 9.92. The number of carbonyl (C=O) groups excluding carboxylic acids is 1. The van der Waals surface area contributed by atoms with Gasteiger partial charge in [0.2, 0.25) is 0 Å². The van der Waals surface area contributed by atoms with Gasteiger partial charge >= 0.3 is 0 Å². The van der Waals surface area contributed by atoms with Crippen molar-refractivity contribution in [1.29, 1.82) is 0 Å². The molecule has 2 N–H and O–H groups in total. The van der Waals surface area contributed by atoms with Crippen molar-refractivity contribution in [2.24, 2.45) is 0 Å². The number of halogens is 3. The predicted octanol–water partition coefficient (Wildman–Crippen LogP) is 4.21. The zero-order valence-electron chi connectivity index (χ0n) is 15.2. The summed E-state index contributed by atoms with van der Waals surface area (Å²) in [6.45, 7) is 0.130. The SMILES string of the molecule is O=C(c1c(F)ccc(NS(=O)(=O)c2ccc(Cl)cc2)c1F)C1CNc2ncccc21. The van der Waals surface area contributed by atoms with E-state index in [2.05, 4.69) is 15.0 Å². The Labute approximate surface area is 176 Å². The number of rotatable bonds is 5. The second-order valence-electron chi connectivity index (χ2n) is 6.58. The highest BCUT2D eigenvalue weighted by Gasteiger charge is 2.34. The van der Waals surface area contributed by atoms with Crippen molar-refractivity contribution < 1.29 is 22.0 Å². The molecule has 1 unspecified atom stereocenters. The van der Waals surface area contributed by atoms with Crippen LogP contribution in [-0.2, 0) is 10.0 Å². The Morgan fingerprint density at radius 1 is 1.13 bits per heavy atom. The molecule has 4 rings (SSSR count). The molecule has 2 heterocycles. The molecule has 154 valence electrons. The minimum absolute atomic E-state index is 0.130. The predicted molar refractivity (Wildman–Crippen MR) is 108 cm³/mol. The van der Waals surface area contributed by atoms with Gasteiger partial charge in [-0.3, -0.25) is 9.52 Å². The van der Waals surface area contributed by atoms with E-state index in [1.165, 1.54) is 30.5 Å². The van der Waals surface area contributed by atoms with E-state index < -0.39 is 44.6 Å². The molecule has 0 radical (unpaired) electrons. The number of anilines is 2. The Hall–Kier alpha value is -3.04. The van der Waals surface area contributed by atoms with Crippen molar-refractivity contribution in [2.75, 3.05) is 16.6 Å². The summed E-state index contributed by atoms with van der Waals surface area (Å²) in [6.07, 6.45) is 1.53. The van der Waals surface area contributed by atoms with Gasteiger partial charge in [-0.2, -0.15) is 0 Å². The van der Waals surface area contributed by atoms with E-state index in [1.807, 2.05) is 0 Å². The van der Waals surface area contributed by atoms with E-state index in [4.69, 9.17) is 11.6 Å². The van der Waals surface area contributed by atoms with Gasteiger partial charge in [-0.1, -0.05) is 17.7 Å². The number of ketones is 1. The molecule has 10 heteroatoms. The molecule has 0 aliphatic carbocycles. The van der Waals surface area contributed by atoms with Crippen molar-refractivity contribution in [1.82, 2.24) is 4.98 Å². The van der Waals surface area contributed by atoms with Gasteiger partial charge in [0.05, 0.1) is 22.1 Å². The number of pyridine rings is 1. The highest BCUT2D eigenvalue weighted by atomic mass is 35.5. The highest BCUT2D eigenvalue weighted by Crippen LogP contribution is 2.34. The number of carbonyl (C=O) groups is 1. The minimum Gasteiger partial charge on any atom is -0.369 e. The molecule has 0 saturated carbocycles. The summed E-state index contributed by atoms with van der Waals surface area (Å²) in [5.74, 6) is -3.55. The van der Waals surface area contributed by atoms with Gasteiger partial charge in [0.1, 0.15) is 11.6 Å². The van der Waals surface area contributed by atoms with Gasteiger partial charge in [0.25, 0.3) is 10.0 Å². The Bertz CT molecular complexity index is 1250. The molecule has 0 saturated heterocycles. The number of fused-ring (bicyclic) bond motifs is 1. The summed E-state index contributed by atoms with van der Waals surface area (Å²) in [7, 11) is -4.18. The van der Waals surface area contributed by atoms with E-state index in [0.29, 0.717) is 16.4 Å². The van der Waals surface area contributed by atoms with Crippen LogP contribution in [0.5, 0.6) is 0 Å². The van der Waals surface area contributed by atoms with Gasteiger partial charge in [-0.15, -0.1) is 0 Å². The monoisotopic (exact) mass is 449 g/mol. The van der Waals surface area contributed by atoms with E-state index in [0.717, 1.165) is 12.1 Å². The summed E-state index contributed by atoms with van der Waals surface area (Å²) in [5.41, 5.74) is -0.824. The van der Waals surface area contributed by atoms with E-state index in [-0.39, 0.29) is 11.4 Å². The van der Waals surface area contributed by atoms with Crippen LogP contribution < -0.4 is 10.0 Å². The van der Waals surface area contributed by atoms with Gasteiger partial charge < -0.3 is 5.32 Å². The lowest BCUT2D eigenvalue weighted by Gasteiger charge is -2.14. The molecule has 1 aliphatic heterocycles. The molecule has 0 amide bonds. The number of nitrogens with one attached hydrogen (secondary N) is 2. The van der Waals surface area contributed by atoms with Crippen LogP contribution in [0.2, 0.25) is 5.02 Å². The molecule has 0 bridgehead atoms. The van der Waals surface area contributed by atoms with E-state index in [1.54, 1.807) is 12.1 Å². The Balaban J connectivity index is 1.69. The van der Waals surface area contributed by atoms with Crippen LogP contribution in [-0.4, -0.2) is 25.7 Å².